The van der Waals surface area contributed by atoms with E-state index in [9.17, 15) is 4.79 Å². The Morgan fingerprint density at radius 1 is 1.42 bits per heavy atom. The Morgan fingerprint density at radius 3 is 2.74 bits per heavy atom. The standard InChI is InChI=1S/C11H11Cl2N5O/c1-6(10-17-14-5-18(10)2)15-11(19)7-3-4-8(12)16-9(7)13/h3-6H,1-2H3,(H,15,19). The number of carbonyl (C=O) groups is 1. The maximum atomic E-state index is 12.1. The van der Waals surface area contributed by atoms with Crippen molar-refractivity contribution >= 4 is 29.1 Å². The van der Waals surface area contributed by atoms with Crippen LogP contribution in [-0.2, 0) is 7.05 Å². The molecule has 2 aromatic heterocycles. The fourth-order valence-corrected chi connectivity index (χ4v) is 2.04. The first kappa shape index (κ1) is 13.8. The van der Waals surface area contributed by atoms with Crippen LogP contribution in [0.2, 0.25) is 10.3 Å². The zero-order valence-electron chi connectivity index (χ0n) is 10.3. The number of rotatable bonds is 3. The summed E-state index contributed by atoms with van der Waals surface area (Å²) in [5.41, 5.74) is 0.264. The van der Waals surface area contributed by atoms with Crippen LogP contribution in [0.5, 0.6) is 0 Å². The van der Waals surface area contributed by atoms with E-state index in [0.717, 1.165) is 0 Å². The number of aromatic nitrogens is 4. The largest absolute Gasteiger partial charge is 0.342 e. The summed E-state index contributed by atoms with van der Waals surface area (Å²) < 4.78 is 1.73. The van der Waals surface area contributed by atoms with Gasteiger partial charge in [0.1, 0.15) is 16.6 Å². The molecule has 1 amide bonds. The third-order valence-corrected chi connectivity index (χ3v) is 3.04. The molecule has 0 saturated carbocycles. The summed E-state index contributed by atoms with van der Waals surface area (Å²) in [5, 5.41) is 10.8. The van der Waals surface area contributed by atoms with Crippen LogP contribution < -0.4 is 5.32 Å². The van der Waals surface area contributed by atoms with Gasteiger partial charge in [-0.05, 0) is 19.1 Å². The van der Waals surface area contributed by atoms with Gasteiger partial charge in [0.2, 0.25) is 0 Å². The number of carbonyl (C=O) groups excluding carboxylic acids is 1. The molecule has 100 valence electrons. The quantitative estimate of drug-likeness (QED) is 0.880. The monoisotopic (exact) mass is 299 g/mol. The van der Waals surface area contributed by atoms with Crippen molar-refractivity contribution < 1.29 is 4.79 Å². The van der Waals surface area contributed by atoms with Crippen LogP contribution in [0.25, 0.3) is 0 Å². The summed E-state index contributed by atoms with van der Waals surface area (Å²) in [6, 6.07) is 2.73. The molecule has 1 unspecified atom stereocenters. The fourth-order valence-electron chi connectivity index (χ4n) is 1.60. The number of halogens is 2. The van der Waals surface area contributed by atoms with Gasteiger partial charge in [-0.15, -0.1) is 10.2 Å². The van der Waals surface area contributed by atoms with E-state index >= 15 is 0 Å². The van der Waals surface area contributed by atoms with Crippen molar-refractivity contribution in [1.82, 2.24) is 25.1 Å². The molecule has 2 aromatic rings. The molecular weight excluding hydrogens is 289 g/mol. The molecule has 0 aliphatic heterocycles. The van der Waals surface area contributed by atoms with Gasteiger partial charge in [0.05, 0.1) is 11.6 Å². The molecule has 19 heavy (non-hydrogen) atoms. The van der Waals surface area contributed by atoms with E-state index < -0.39 is 0 Å². The summed E-state index contributed by atoms with van der Waals surface area (Å²) in [6.07, 6.45) is 1.56. The number of hydrogen-bond acceptors (Lipinski definition) is 4. The van der Waals surface area contributed by atoms with Crippen LogP contribution in [0.3, 0.4) is 0 Å². The van der Waals surface area contributed by atoms with Crippen molar-refractivity contribution in [3.63, 3.8) is 0 Å². The highest BCUT2D eigenvalue weighted by Gasteiger charge is 2.17. The molecule has 0 spiro atoms. The van der Waals surface area contributed by atoms with Gasteiger partial charge in [-0.1, -0.05) is 23.2 Å². The Balaban J connectivity index is 2.15. The van der Waals surface area contributed by atoms with Gasteiger partial charge in [-0.25, -0.2) is 4.98 Å². The molecule has 2 heterocycles. The van der Waals surface area contributed by atoms with Crippen molar-refractivity contribution in [2.75, 3.05) is 0 Å². The number of aryl methyl sites for hydroxylation is 1. The Morgan fingerprint density at radius 2 is 2.16 bits per heavy atom. The molecule has 2 rings (SSSR count). The highest BCUT2D eigenvalue weighted by atomic mass is 35.5. The maximum Gasteiger partial charge on any atom is 0.254 e. The summed E-state index contributed by atoms with van der Waals surface area (Å²) in [7, 11) is 1.80. The topological polar surface area (TPSA) is 72.7 Å². The van der Waals surface area contributed by atoms with Crippen molar-refractivity contribution in [3.8, 4) is 0 Å². The molecule has 0 saturated heterocycles. The molecule has 0 bridgehead atoms. The average Bonchev–Trinajstić information content (AvgIpc) is 2.75. The first-order valence-electron chi connectivity index (χ1n) is 5.46. The van der Waals surface area contributed by atoms with Crippen LogP contribution in [0.4, 0.5) is 0 Å². The van der Waals surface area contributed by atoms with E-state index in [1.807, 2.05) is 0 Å². The molecule has 0 aliphatic carbocycles. The van der Waals surface area contributed by atoms with Crippen molar-refractivity contribution in [2.45, 2.75) is 13.0 Å². The third kappa shape index (κ3) is 3.02. The highest BCUT2D eigenvalue weighted by molar-refractivity contribution is 6.34. The molecule has 8 heteroatoms. The summed E-state index contributed by atoms with van der Waals surface area (Å²) in [6.45, 7) is 1.80. The van der Waals surface area contributed by atoms with E-state index in [2.05, 4.69) is 20.5 Å². The summed E-state index contributed by atoms with van der Waals surface area (Å²) in [5.74, 6) is 0.302. The predicted octanol–water partition coefficient (Wildman–Crippen LogP) is 2.01. The van der Waals surface area contributed by atoms with Crippen LogP contribution in [0.1, 0.15) is 29.1 Å². The van der Waals surface area contributed by atoms with Gasteiger partial charge in [0.25, 0.3) is 5.91 Å². The van der Waals surface area contributed by atoms with Gasteiger partial charge < -0.3 is 9.88 Å². The van der Waals surface area contributed by atoms with Crippen LogP contribution in [0, 0.1) is 0 Å². The van der Waals surface area contributed by atoms with E-state index in [0.29, 0.717) is 5.82 Å². The predicted molar refractivity (Wildman–Crippen MR) is 71.1 cm³/mol. The van der Waals surface area contributed by atoms with Gasteiger partial charge >= 0.3 is 0 Å². The zero-order valence-corrected chi connectivity index (χ0v) is 11.8. The van der Waals surface area contributed by atoms with E-state index in [4.69, 9.17) is 23.2 Å². The molecule has 1 N–H and O–H groups in total. The minimum Gasteiger partial charge on any atom is -0.342 e. The molecule has 0 aliphatic rings. The molecular formula is C11H11Cl2N5O. The highest BCUT2D eigenvalue weighted by Crippen LogP contribution is 2.17. The molecule has 6 nitrogen and oxygen atoms in total. The smallest absolute Gasteiger partial charge is 0.254 e. The Labute approximate surface area is 119 Å². The minimum absolute atomic E-state index is 0.0650. The lowest BCUT2D eigenvalue weighted by Crippen LogP contribution is -2.28. The van der Waals surface area contributed by atoms with Crippen LogP contribution in [-0.4, -0.2) is 25.7 Å². The van der Waals surface area contributed by atoms with E-state index in [-0.39, 0.29) is 27.8 Å². The summed E-state index contributed by atoms with van der Waals surface area (Å²) >= 11 is 11.6. The van der Waals surface area contributed by atoms with Gasteiger partial charge in [-0.3, -0.25) is 4.79 Å². The second-order valence-corrected chi connectivity index (χ2v) is 4.71. The summed E-state index contributed by atoms with van der Waals surface area (Å²) in [4.78, 5) is 15.9. The van der Waals surface area contributed by atoms with E-state index in [1.54, 1.807) is 24.9 Å². The average molecular weight is 300 g/mol. The number of nitrogens with zero attached hydrogens (tertiary/aromatic N) is 4. The van der Waals surface area contributed by atoms with Gasteiger partial charge in [-0.2, -0.15) is 0 Å². The first-order valence-corrected chi connectivity index (χ1v) is 6.21. The van der Waals surface area contributed by atoms with Gasteiger partial charge in [0, 0.05) is 7.05 Å². The lowest BCUT2D eigenvalue weighted by Gasteiger charge is -2.13. The van der Waals surface area contributed by atoms with Crippen molar-refractivity contribution in [1.29, 1.82) is 0 Å². The van der Waals surface area contributed by atoms with Crippen LogP contribution in [0.15, 0.2) is 18.5 Å². The lowest BCUT2D eigenvalue weighted by molar-refractivity contribution is 0.0937. The number of hydrogen-bond donors (Lipinski definition) is 1. The third-order valence-electron chi connectivity index (χ3n) is 2.54. The molecule has 0 aromatic carbocycles. The molecule has 0 fully saturated rings. The van der Waals surface area contributed by atoms with E-state index in [1.165, 1.54) is 12.1 Å². The van der Waals surface area contributed by atoms with Crippen molar-refractivity contribution in [3.05, 3.63) is 40.2 Å². The Hall–Kier alpha value is -1.66. The zero-order chi connectivity index (χ0) is 14.0. The normalized spacial score (nSPS) is 12.2. The molecule has 1 atom stereocenters. The van der Waals surface area contributed by atoms with Crippen molar-refractivity contribution in [2.24, 2.45) is 7.05 Å². The Bertz CT molecular complexity index is 613. The fraction of sp³-hybridized carbons (Fsp3) is 0.273. The second kappa shape index (κ2) is 5.54. The second-order valence-electron chi connectivity index (χ2n) is 3.97. The SMILES string of the molecule is CC(NC(=O)c1ccc(Cl)nc1Cl)c1nncn1C. The maximum absolute atomic E-state index is 12.1. The Kier molecular flexibility index (Phi) is 4.01. The number of amides is 1. The van der Waals surface area contributed by atoms with Crippen LogP contribution >= 0.6 is 23.2 Å². The lowest BCUT2D eigenvalue weighted by atomic mass is 10.2. The molecule has 0 radical (unpaired) electrons. The number of pyridine rings is 1. The number of nitrogens with one attached hydrogen (secondary N) is 1. The minimum atomic E-state index is -0.343. The first-order chi connectivity index (χ1) is 8.99. The van der Waals surface area contributed by atoms with Gasteiger partial charge in [0.15, 0.2) is 5.82 Å².